The van der Waals surface area contributed by atoms with Gasteiger partial charge in [-0.3, -0.25) is 4.98 Å². The van der Waals surface area contributed by atoms with E-state index in [1.54, 1.807) is 10.7 Å². The highest BCUT2D eigenvalue weighted by Crippen LogP contribution is 2.27. The van der Waals surface area contributed by atoms with Crippen LogP contribution in [0.3, 0.4) is 0 Å². The summed E-state index contributed by atoms with van der Waals surface area (Å²) in [6.07, 6.45) is 5.61. The van der Waals surface area contributed by atoms with Gasteiger partial charge in [-0.15, -0.1) is 5.10 Å². The fourth-order valence-corrected chi connectivity index (χ4v) is 3.20. The Labute approximate surface area is 155 Å². The Hall–Kier alpha value is -3.74. The highest BCUT2D eigenvalue weighted by atomic mass is 15.3. The first kappa shape index (κ1) is 15.5. The van der Waals surface area contributed by atoms with Gasteiger partial charge in [0.2, 0.25) is 0 Å². The number of rotatable bonds is 2. The lowest BCUT2D eigenvalue weighted by Gasteiger charge is -2.02. The molecule has 4 aromatic heterocycles. The minimum absolute atomic E-state index is 0.568. The van der Waals surface area contributed by atoms with E-state index in [0.29, 0.717) is 11.5 Å². The fraction of sp³-hybridized carbons (Fsp3) is 0.100. The third-order valence-electron chi connectivity index (χ3n) is 4.64. The van der Waals surface area contributed by atoms with Crippen molar-refractivity contribution in [1.82, 2.24) is 29.0 Å². The van der Waals surface area contributed by atoms with Crippen LogP contribution in [0, 0.1) is 13.8 Å². The van der Waals surface area contributed by atoms with E-state index in [1.165, 1.54) is 0 Å². The van der Waals surface area contributed by atoms with Crippen LogP contribution in [0.1, 0.15) is 11.4 Å². The van der Waals surface area contributed by atoms with Crippen LogP contribution in [0.25, 0.3) is 33.9 Å². The number of nitrogen functional groups attached to an aromatic ring is 1. The normalized spacial score (nSPS) is 11.5. The van der Waals surface area contributed by atoms with Gasteiger partial charge < -0.3 is 10.1 Å². The van der Waals surface area contributed by atoms with Crippen molar-refractivity contribution in [2.45, 2.75) is 13.8 Å². The molecular weight excluding hydrogens is 338 g/mol. The number of anilines is 1. The van der Waals surface area contributed by atoms with Gasteiger partial charge in [0.1, 0.15) is 5.65 Å². The van der Waals surface area contributed by atoms with Crippen LogP contribution in [0.4, 0.5) is 5.69 Å². The molecule has 27 heavy (non-hydrogen) atoms. The second-order valence-electron chi connectivity index (χ2n) is 6.56. The maximum absolute atomic E-state index is 6.31. The number of fused-ring (bicyclic) bond motifs is 2. The van der Waals surface area contributed by atoms with Gasteiger partial charge in [0.25, 0.3) is 0 Å². The summed E-state index contributed by atoms with van der Waals surface area (Å²) in [6.45, 7) is 3.87. The van der Waals surface area contributed by atoms with Crippen LogP contribution < -0.4 is 5.73 Å². The van der Waals surface area contributed by atoms with Crippen LogP contribution in [-0.2, 0) is 0 Å². The second kappa shape index (κ2) is 5.63. The number of aromatic nitrogens is 6. The van der Waals surface area contributed by atoms with E-state index in [2.05, 4.69) is 15.1 Å². The molecule has 0 saturated carbocycles. The third-order valence-corrected chi connectivity index (χ3v) is 4.64. The van der Waals surface area contributed by atoms with Gasteiger partial charge in [-0.1, -0.05) is 30.3 Å². The molecule has 2 N–H and O–H groups in total. The van der Waals surface area contributed by atoms with Crippen LogP contribution in [0.5, 0.6) is 0 Å². The second-order valence-corrected chi connectivity index (χ2v) is 6.56. The number of hydrogen-bond donors (Lipinski definition) is 1. The lowest BCUT2D eigenvalue weighted by Crippen LogP contribution is -1.98. The zero-order chi connectivity index (χ0) is 18.5. The summed E-state index contributed by atoms with van der Waals surface area (Å²) in [5, 5.41) is 4.62. The number of nitrogens with two attached hydrogens (primary N) is 1. The van der Waals surface area contributed by atoms with Crippen molar-refractivity contribution in [3.05, 3.63) is 66.4 Å². The molecule has 0 bridgehead atoms. The van der Waals surface area contributed by atoms with Gasteiger partial charge in [-0.05, 0) is 19.9 Å². The Morgan fingerprint density at radius 2 is 1.81 bits per heavy atom. The monoisotopic (exact) mass is 355 g/mol. The Balaban J connectivity index is 1.69. The number of nitrogens with zero attached hydrogens (tertiary/aromatic N) is 6. The van der Waals surface area contributed by atoms with Crippen molar-refractivity contribution in [3.63, 3.8) is 0 Å². The Morgan fingerprint density at radius 3 is 2.59 bits per heavy atom. The Kier molecular flexibility index (Phi) is 3.24. The number of imidazole rings is 1. The van der Waals surface area contributed by atoms with Crippen molar-refractivity contribution in [2.24, 2.45) is 0 Å². The molecule has 1 aromatic carbocycles. The number of pyridine rings is 1. The largest absolute Gasteiger partial charge is 0.397 e. The number of hydrogen-bond acceptors (Lipinski definition) is 5. The SMILES string of the molecule is Cc1ncc(C)n2nc(-c3cc4nc(-c5ccccc5)cn4cc3N)nc12. The average Bonchev–Trinajstić information content (AvgIpc) is 3.29. The molecular formula is C20H17N7. The lowest BCUT2D eigenvalue weighted by atomic mass is 10.2. The van der Waals surface area contributed by atoms with Crippen LogP contribution in [-0.4, -0.2) is 29.0 Å². The van der Waals surface area contributed by atoms with E-state index in [4.69, 9.17) is 10.7 Å². The molecule has 0 spiro atoms. The highest BCUT2D eigenvalue weighted by Gasteiger charge is 2.15. The van der Waals surface area contributed by atoms with Crippen LogP contribution >= 0.6 is 0 Å². The maximum Gasteiger partial charge on any atom is 0.184 e. The molecule has 0 fully saturated rings. The number of aryl methyl sites for hydroxylation is 2. The molecule has 0 radical (unpaired) electrons. The maximum atomic E-state index is 6.31. The molecule has 0 unspecified atom stereocenters. The van der Waals surface area contributed by atoms with Crippen molar-refractivity contribution in [1.29, 1.82) is 0 Å². The van der Waals surface area contributed by atoms with Crippen molar-refractivity contribution in [3.8, 4) is 22.6 Å². The quantitative estimate of drug-likeness (QED) is 0.525. The Bertz CT molecular complexity index is 1260. The predicted molar refractivity (Wildman–Crippen MR) is 104 cm³/mol. The molecule has 0 saturated heterocycles. The molecule has 0 atom stereocenters. The van der Waals surface area contributed by atoms with E-state index in [1.807, 2.05) is 67.0 Å². The molecule has 5 rings (SSSR count). The molecule has 132 valence electrons. The minimum atomic E-state index is 0.568. The summed E-state index contributed by atoms with van der Waals surface area (Å²) in [7, 11) is 0. The molecule has 0 aliphatic carbocycles. The zero-order valence-electron chi connectivity index (χ0n) is 15.0. The zero-order valence-corrected chi connectivity index (χ0v) is 15.0. The van der Waals surface area contributed by atoms with E-state index >= 15 is 0 Å². The molecule has 7 heteroatoms. The highest BCUT2D eigenvalue weighted by molar-refractivity contribution is 5.77. The molecule has 7 nitrogen and oxygen atoms in total. The summed E-state index contributed by atoms with van der Waals surface area (Å²) >= 11 is 0. The minimum Gasteiger partial charge on any atom is -0.397 e. The van der Waals surface area contributed by atoms with Crippen LogP contribution in [0.15, 0.2) is 55.0 Å². The topological polar surface area (TPSA) is 86.4 Å². The van der Waals surface area contributed by atoms with Crippen molar-refractivity contribution in [2.75, 3.05) is 5.73 Å². The van der Waals surface area contributed by atoms with E-state index in [-0.39, 0.29) is 0 Å². The van der Waals surface area contributed by atoms with E-state index in [0.717, 1.165) is 39.5 Å². The van der Waals surface area contributed by atoms with Gasteiger partial charge >= 0.3 is 0 Å². The van der Waals surface area contributed by atoms with Gasteiger partial charge in [0, 0.05) is 29.7 Å². The molecule has 5 aromatic rings. The molecule has 4 heterocycles. The molecule has 0 aliphatic rings. The average molecular weight is 355 g/mol. The van der Waals surface area contributed by atoms with E-state index < -0.39 is 0 Å². The van der Waals surface area contributed by atoms with Crippen LogP contribution in [0.2, 0.25) is 0 Å². The molecule has 0 amide bonds. The third kappa shape index (κ3) is 2.43. The Morgan fingerprint density at radius 1 is 1.00 bits per heavy atom. The van der Waals surface area contributed by atoms with Gasteiger partial charge in [-0.25, -0.2) is 14.5 Å². The standard InChI is InChI=1S/C20H17N7/c1-12-9-22-13(2)20-24-19(25-27(12)20)15-8-18-23-17(11-26(18)10-16(15)21)14-6-4-3-5-7-14/h3-11H,21H2,1-2H3. The van der Waals surface area contributed by atoms with Crippen molar-refractivity contribution >= 4 is 17.0 Å². The van der Waals surface area contributed by atoms with Gasteiger partial charge in [0.15, 0.2) is 11.5 Å². The van der Waals surface area contributed by atoms with E-state index in [9.17, 15) is 0 Å². The fourth-order valence-electron chi connectivity index (χ4n) is 3.20. The first-order valence-corrected chi connectivity index (χ1v) is 8.63. The lowest BCUT2D eigenvalue weighted by molar-refractivity contribution is 0.891. The van der Waals surface area contributed by atoms with Gasteiger partial charge in [0.05, 0.1) is 22.8 Å². The predicted octanol–water partition coefficient (Wildman–Crippen LogP) is 3.31. The summed E-state index contributed by atoms with van der Waals surface area (Å²) < 4.78 is 3.72. The summed E-state index contributed by atoms with van der Waals surface area (Å²) in [6, 6.07) is 12.0. The number of benzene rings is 1. The first-order chi connectivity index (χ1) is 13.1. The smallest absolute Gasteiger partial charge is 0.184 e. The summed E-state index contributed by atoms with van der Waals surface area (Å²) in [4.78, 5) is 13.7. The molecule has 0 aliphatic heterocycles. The summed E-state index contributed by atoms with van der Waals surface area (Å²) in [5.74, 6) is 0.568. The summed E-state index contributed by atoms with van der Waals surface area (Å²) in [5.41, 5.74) is 12.9. The van der Waals surface area contributed by atoms with Gasteiger partial charge in [-0.2, -0.15) is 0 Å². The van der Waals surface area contributed by atoms with Crippen molar-refractivity contribution < 1.29 is 0 Å². The first-order valence-electron chi connectivity index (χ1n) is 8.63.